The number of aliphatic hydroxyl groups is 2. The van der Waals surface area contributed by atoms with Crippen molar-refractivity contribution in [2.45, 2.75) is 77.2 Å². The lowest BCUT2D eigenvalue weighted by Crippen LogP contribution is -2.21. The first-order valence-electron chi connectivity index (χ1n) is 7.65. The molecule has 0 aliphatic rings. The molecule has 5 heteroatoms. The minimum absolute atomic E-state index is 0. The van der Waals surface area contributed by atoms with Crippen LogP contribution in [-0.4, -0.2) is 35.5 Å². The highest BCUT2D eigenvalue weighted by molar-refractivity contribution is 7.59. The molecule has 20 heavy (non-hydrogen) atoms. The summed E-state index contributed by atoms with van der Waals surface area (Å²) in [6.07, 6.45) is 10.4. The summed E-state index contributed by atoms with van der Waals surface area (Å²) in [5.41, 5.74) is 0. The summed E-state index contributed by atoms with van der Waals surface area (Å²) in [5.74, 6) is -0.282. The van der Waals surface area contributed by atoms with Crippen LogP contribution >= 0.6 is 13.5 Å². The predicted octanol–water partition coefficient (Wildman–Crippen LogP) is 2.92. The molecule has 0 aliphatic heterocycles. The van der Waals surface area contributed by atoms with Gasteiger partial charge < -0.3 is 14.9 Å². The number of carbonyl (C=O) groups is 1. The van der Waals surface area contributed by atoms with Gasteiger partial charge in [0.15, 0.2) is 0 Å². The molecule has 2 N–H and O–H groups in total. The Morgan fingerprint density at radius 2 is 1.50 bits per heavy atom. The fraction of sp³-hybridized carbons (Fsp3) is 0.933. The topological polar surface area (TPSA) is 66.8 Å². The van der Waals surface area contributed by atoms with E-state index in [0.717, 1.165) is 12.8 Å². The molecule has 0 spiro atoms. The van der Waals surface area contributed by atoms with E-state index in [0.29, 0.717) is 6.42 Å². The van der Waals surface area contributed by atoms with Crippen molar-refractivity contribution in [2.24, 2.45) is 0 Å². The first-order chi connectivity index (χ1) is 9.20. The number of esters is 1. The van der Waals surface area contributed by atoms with Crippen LogP contribution in [0.1, 0.15) is 71.1 Å². The number of unbranched alkanes of at least 4 members (excludes halogenated alkanes) is 8. The zero-order valence-electron chi connectivity index (χ0n) is 12.8. The van der Waals surface area contributed by atoms with Crippen molar-refractivity contribution < 1.29 is 19.7 Å². The maximum atomic E-state index is 11.3. The fourth-order valence-electron chi connectivity index (χ4n) is 1.89. The predicted molar refractivity (Wildman–Crippen MR) is 86.3 cm³/mol. The molecule has 0 amide bonds. The van der Waals surface area contributed by atoms with E-state index in [2.05, 4.69) is 6.92 Å². The zero-order valence-corrected chi connectivity index (χ0v) is 13.8. The van der Waals surface area contributed by atoms with Crippen molar-refractivity contribution in [2.75, 3.05) is 13.2 Å². The molecule has 0 saturated carbocycles. The lowest BCUT2D eigenvalue weighted by atomic mass is 10.1. The van der Waals surface area contributed by atoms with Crippen LogP contribution in [0.15, 0.2) is 0 Å². The molecule has 122 valence electrons. The van der Waals surface area contributed by atoms with Crippen LogP contribution in [0.25, 0.3) is 0 Å². The normalized spacial score (nSPS) is 11.8. The summed E-state index contributed by atoms with van der Waals surface area (Å²) in [7, 11) is 0. The van der Waals surface area contributed by atoms with E-state index in [-0.39, 0.29) is 32.7 Å². The third-order valence-corrected chi connectivity index (χ3v) is 3.13. The van der Waals surface area contributed by atoms with Crippen LogP contribution < -0.4 is 0 Å². The van der Waals surface area contributed by atoms with Crippen LogP contribution in [0.2, 0.25) is 0 Å². The Kier molecular flexibility index (Phi) is 18.5. The van der Waals surface area contributed by atoms with Gasteiger partial charge in [-0.05, 0) is 6.42 Å². The second-order valence-electron chi connectivity index (χ2n) is 5.10. The molecule has 0 rings (SSSR count). The van der Waals surface area contributed by atoms with Crippen molar-refractivity contribution in [3.05, 3.63) is 0 Å². The molecule has 0 fully saturated rings. The van der Waals surface area contributed by atoms with E-state index < -0.39 is 6.10 Å². The van der Waals surface area contributed by atoms with Gasteiger partial charge in [0.25, 0.3) is 0 Å². The molecular weight excluding hydrogens is 276 g/mol. The van der Waals surface area contributed by atoms with E-state index >= 15 is 0 Å². The van der Waals surface area contributed by atoms with E-state index in [1.807, 2.05) is 0 Å². The van der Waals surface area contributed by atoms with Crippen LogP contribution in [-0.2, 0) is 9.53 Å². The van der Waals surface area contributed by atoms with E-state index in [1.54, 1.807) is 0 Å². The molecule has 0 aromatic carbocycles. The van der Waals surface area contributed by atoms with Crippen LogP contribution in [0.4, 0.5) is 0 Å². The number of hydrogen-bond acceptors (Lipinski definition) is 4. The Labute approximate surface area is 130 Å². The molecule has 0 aromatic rings. The molecular formula is C15H32O4S. The largest absolute Gasteiger partial charge is 0.463 e. The highest BCUT2D eigenvalue weighted by atomic mass is 32.1. The van der Waals surface area contributed by atoms with E-state index in [9.17, 15) is 4.79 Å². The molecule has 1 atom stereocenters. The van der Waals surface area contributed by atoms with Crippen LogP contribution in [0.5, 0.6) is 0 Å². The van der Waals surface area contributed by atoms with Gasteiger partial charge >= 0.3 is 5.97 Å². The summed E-state index contributed by atoms with van der Waals surface area (Å²) in [6.45, 7) is 1.75. The number of hydrogen-bond donors (Lipinski definition) is 2. The first kappa shape index (κ1) is 22.0. The monoisotopic (exact) mass is 308 g/mol. The molecule has 0 aliphatic carbocycles. The molecule has 1 unspecified atom stereocenters. The maximum Gasteiger partial charge on any atom is 0.305 e. The van der Waals surface area contributed by atoms with Crippen LogP contribution in [0, 0.1) is 0 Å². The fourth-order valence-corrected chi connectivity index (χ4v) is 1.89. The first-order valence-corrected chi connectivity index (χ1v) is 7.65. The molecule has 0 aromatic heterocycles. The van der Waals surface area contributed by atoms with Gasteiger partial charge in [-0.25, -0.2) is 0 Å². The maximum absolute atomic E-state index is 11.3. The smallest absolute Gasteiger partial charge is 0.305 e. The van der Waals surface area contributed by atoms with Crippen molar-refractivity contribution in [3.8, 4) is 0 Å². The number of rotatable bonds is 13. The summed E-state index contributed by atoms with van der Waals surface area (Å²) in [6, 6.07) is 0. The second-order valence-corrected chi connectivity index (χ2v) is 5.10. The van der Waals surface area contributed by atoms with Crippen molar-refractivity contribution in [1.29, 1.82) is 0 Å². The highest BCUT2D eigenvalue weighted by Gasteiger charge is 2.07. The Bertz CT molecular complexity index is 212. The van der Waals surface area contributed by atoms with Gasteiger partial charge in [0.2, 0.25) is 0 Å². The SMILES string of the molecule is CCCCCCCCCCCC(=O)OCC(O)CO.S. The quantitative estimate of drug-likeness (QED) is 0.405. The number of ether oxygens (including phenoxy) is 1. The van der Waals surface area contributed by atoms with Gasteiger partial charge in [0, 0.05) is 6.42 Å². The molecule has 0 bridgehead atoms. The van der Waals surface area contributed by atoms with E-state index in [1.165, 1.54) is 44.9 Å². The van der Waals surface area contributed by atoms with E-state index in [4.69, 9.17) is 14.9 Å². The Balaban J connectivity index is 0. The average Bonchev–Trinajstić information content (AvgIpc) is 2.42. The summed E-state index contributed by atoms with van der Waals surface area (Å²) < 4.78 is 4.82. The third-order valence-electron chi connectivity index (χ3n) is 3.13. The Morgan fingerprint density at radius 1 is 1.00 bits per heavy atom. The van der Waals surface area contributed by atoms with Crippen molar-refractivity contribution >= 4 is 19.5 Å². The van der Waals surface area contributed by atoms with Gasteiger partial charge in [-0.3, -0.25) is 4.79 Å². The minimum Gasteiger partial charge on any atom is -0.463 e. The summed E-state index contributed by atoms with van der Waals surface area (Å²) in [4.78, 5) is 11.3. The minimum atomic E-state index is -0.952. The van der Waals surface area contributed by atoms with Gasteiger partial charge in [0.05, 0.1) is 6.61 Å². The van der Waals surface area contributed by atoms with Crippen molar-refractivity contribution in [1.82, 2.24) is 0 Å². The molecule has 0 radical (unpaired) electrons. The van der Waals surface area contributed by atoms with Crippen LogP contribution in [0.3, 0.4) is 0 Å². The molecule has 0 saturated heterocycles. The average molecular weight is 308 g/mol. The Morgan fingerprint density at radius 3 is 2.00 bits per heavy atom. The number of aliphatic hydroxyl groups excluding tert-OH is 2. The van der Waals surface area contributed by atoms with Gasteiger partial charge in [-0.1, -0.05) is 58.3 Å². The lowest BCUT2D eigenvalue weighted by molar-refractivity contribution is -0.147. The standard InChI is InChI=1S/C15H30O4.H2S/c1-2-3-4-5-6-7-8-9-10-11-15(18)19-13-14(17)12-16;/h14,16-17H,2-13H2,1H3;1H2. The second kappa shape index (κ2) is 16.8. The third kappa shape index (κ3) is 15.8. The zero-order chi connectivity index (χ0) is 14.3. The molecule has 0 heterocycles. The summed E-state index contributed by atoms with van der Waals surface area (Å²) >= 11 is 0. The highest BCUT2D eigenvalue weighted by Crippen LogP contribution is 2.10. The van der Waals surface area contributed by atoms with Gasteiger partial charge in [0.1, 0.15) is 12.7 Å². The molecule has 4 nitrogen and oxygen atoms in total. The summed E-state index contributed by atoms with van der Waals surface area (Å²) in [5, 5.41) is 17.6. The van der Waals surface area contributed by atoms with Gasteiger partial charge in [-0.2, -0.15) is 13.5 Å². The lowest BCUT2D eigenvalue weighted by Gasteiger charge is -2.08. The number of carbonyl (C=O) groups excluding carboxylic acids is 1. The Hall–Kier alpha value is -0.260. The van der Waals surface area contributed by atoms with Gasteiger partial charge in [-0.15, -0.1) is 0 Å². The van der Waals surface area contributed by atoms with Crippen molar-refractivity contribution in [3.63, 3.8) is 0 Å².